The average Bonchev–Trinajstić information content (AvgIpc) is 2.79. The van der Waals surface area contributed by atoms with Crippen LogP contribution in [0.3, 0.4) is 0 Å². The molecule has 2 heterocycles. The minimum Gasteiger partial charge on any atom is -0.408 e. The molecule has 0 radical (unpaired) electrons. The largest absolute Gasteiger partial charge is 0.419 e. The first kappa shape index (κ1) is 14.8. The summed E-state index contributed by atoms with van der Waals surface area (Å²) >= 11 is 0. The number of rotatable bonds is 3. The predicted octanol–water partition coefficient (Wildman–Crippen LogP) is 1.62. The molecule has 2 atom stereocenters. The van der Waals surface area contributed by atoms with Gasteiger partial charge < -0.3 is 14.1 Å². The molecule has 1 fully saturated rings. The lowest BCUT2D eigenvalue weighted by Crippen LogP contribution is -2.48. The van der Waals surface area contributed by atoms with Crippen LogP contribution in [0.4, 0.5) is 0 Å². The summed E-state index contributed by atoms with van der Waals surface area (Å²) < 4.78 is 12.3. The highest BCUT2D eigenvalue weighted by Gasteiger charge is 2.25. The summed E-state index contributed by atoms with van der Waals surface area (Å²) in [4.78, 5) is 26.1. The van der Waals surface area contributed by atoms with E-state index in [0.29, 0.717) is 25.2 Å². The van der Waals surface area contributed by atoms with Gasteiger partial charge in [0.15, 0.2) is 5.58 Å². The van der Waals surface area contributed by atoms with E-state index in [2.05, 4.69) is 0 Å². The number of nitrogens with zero attached hydrogens (tertiary/aromatic N) is 2. The lowest BCUT2D eigenvalue weighted by Gasteiger charge is -2.35. The van der Waals surface area contributed by atoms with Crippen molar-refractivity contribution < 1.29 is 13.9 Å². The molecule has 1 saturated heterocycles. The maximum absolute atomic E-state index is 12.4. The fourth-order valence-electron chi connectivity index (χ4n) is 2.97. The third-order valence-electron chi connectivity index (χ3n) is 3.90. The van der Waals surface area contributed by atoms with Crippen molar-refractivity contribution >= 4 is 17.0 Å². The monoisotopic (exact) mass is 304 g/mol. The summed E-state index contributed by atoms with van der Waals surface area (Å²) in [5.41, 5.74) is 1.28. The normalized spacial score (nSPS) is 22.2. The molecule has 1 amide bonds. The molecule has 0 bridgehead atoms. The molecule has 1 aromatic carbocycles. The Bertz CT molecular complexity index is 723. The van der Waals surface area contributed by atoms with Crippen molar-refractivity contribution in [3.63, 3.8) is 0 Å². The van der Waals surface area contributed by atoms with E-state index in [4.69, 9.17) is 9.15 Å². The minimum atomic E-state index is -0.419. The molecule has 1 aliphatic rings. The highest BCUT2D eigenvalue weighted by molar-refractivity contribution is 5.77. The van der Waals surface area contributed by atoms with Gasteiger partial charge in [-0.25, -0.2) is 4.79 Å². The fourth-order valence-corrected chi connectivity index (χ4v) is 2.97. The molecule has 118 valence electrons. The molecular weight excluding hydrogens is 284 g/mol. The molecule has 1 aromatic heterocycles. The van der Waals surface area contributed by atoms with Crippen LogP contribution in [0, 0.1) is 0 Å². The number of morpholine rings is 1. The molecule has 3 rings (SSSR count). The standard InChI is InChI=1S/C16H20N2O4/c1-11-9-17(10-12(2)21-11)15(19)7-8-18-13-5-3-4-6-14(13)22-16(18)20/h3-6,11-12H,7-10H2,1-2H3/t11-,12-/m0/s1. The van der Waals surface area contributed by atoms with Crippen molar-refractivity contribution in [2.24, 2.45) is 0 Å². The van der Waals surface area contributed by atoms with Gasteiger partial charge in [-0.15, -0.1) is 0 Å². The van der Waals surface area contributed by atoms with Crippen LogP contribution in [-0.4, -0.2) is 40.7 Å². The summed E-state index contributed by atoms with van der Waals surface area (Å²) in [5, 5.41) is 0. The summed E-state index contributed by atoms with van der Waals surface area (Å²) in [6.07, 6.45) is 0.374. The number of hydrogen-bond acceptors (Lipinski definition) is 4. The van der Waals surface area contributed by atoms with Gasteiger partial charge in [0, 0.05) is 26.1 Å². The molecular formula is C16H20N2O4. The summed E-state index contributed by atoms with van der Waals surface area (Å²) in [6, 6.07) is 7.24. The van der Waals surface area contributed by atoms with Gasteiger partial charge in [0.1, 0.15) is 0 Å². The predicted molar refractivity (Wildman–Crippen MR) is 81.7 cm³/mol. The number of para-hydroxylation sites is 2. The molecule has 0 spiro atoms. The first-order valence-corrected chi connectivity index (χ1v) is 7.56. The van der Waals surface area contributed by atoms with Gasteiger partial charge in [0.2, 0.25) is 5.91 Å². The van der Waals surface area contributed by atoms with Gasteiger partial charge in [-0.1, -0.05) is 12.1 Å². The molecule has 0 aliphatic carbocycles. The first-order chi connectivity index (χ1) is 10.5. The quantitative estimate of drug-likeness (QED) is 0.864. The molecule has 0 saturated carbocycles. The Hall–Kier alpha value is -2.08. The van der Waals surface area contributed by atoms with Crippen LogP contribution >= 0.6 is 0 Å². The van der Waals surface area contributed by atoms with E-state index < -0.39 is 5.76 Å². The Labute approximate surface area is 128 Å². The van der Waals surface area contributed by atoms with Crippen LogP contribution in [0.2, 0.25) is 0 Å². The minimum absolute atomic E-state index is 0.0409. The highest BCUT2D eigenvalue weighted by Crippen LogP contribution is 2.14. The number of carbonyl (C=O) groups is 1. The Balaban J connectivity index is 1.70. The number of amides is 1. The number of carbonyl (C=O) groups excluding carboxylic acids is 1. The van der Waals surface area contributed by atoms with Crippen molar-refractivity contribution in [2.75, 3.05) is 13.1 Å². The number of oxazole rings is 1. The summed E-state index contributed by atoms with van der Waals surface area (Å²) in [5.74, 6) is -0.378. The van der Waals surface area contributed by atoms with E-state index >= 15 is 0 Å². The zero-order chi connectivity index (χ0) is 15.7. The fraction of sp³-hybridized carbons (Fsp3) is 0.500. The number of benzene rings is 1. The zero-order valence-corrected chi connectivity index (χ0v) is 12.8. The number of aryl methyl sites for hydroxylation is 1. The average molecular weight is 304 g/mol. The van der Waals surface area contributed by atoms with Crippen molar-refractivity contribution in [3.05, 3.63) is 34.8 Å². The zero-order valence-electron chi connectivity index (χ0n) is 12.8. The van der Waals surface area contributed by atoms with Gasteiger partial charge in [-0.2, -0.15) is 0 Å². The topological polar surface area (TPSA) is 64.7 Å². The molecule has 22 heavy (non-hydrogen) atoms. The van der Waals surface area contributed by atoms with E-state index in [1.165, 1.54) is 4.57 Å². The van der Waals surface area contributed by atoms with Crippen molar-refractivity contribution in [2.45, 2.75) is 39.0 Å². The van der Waals surface area contributed by atoms with Crippen molar-refractivity contribution in [1.29, 1.82) is 0 Å². The van der Waals surface area contributed by atoms with Crippen LogP contribution in [-0.2, 0) is 16.1 Å². The second-order valence-corrected chi connectivity index (χ2v) is 5.79. The van der Waals surface area contributed by atoms with Gasteiger partial charge >= 0.3 is 5.76 Å². The third kappa shape index (κ3) is 2.92. The van der Waals surface area contributed by atoms with Crippen LogP contribution in [0.1, 0.15) is 20.3 Å². The first-order valence-electron chi connectivity index (χ1n) is 7.56. The molecule has 0 unspecified atom stereocenters. The van der Waals surface area contributed by atoms with Crippen molar-refractivity contribution in [3.8, 4) is 0 Å². The van der Waals surface area contributed by atoms with Crippen LogP contribution in [0.25, 0.3) is 11.1 Å². The maximum atomic E-state index is 12.4. The molecule has 6 heteroatoms. The second-order valence-electron chi connectivity index (χ2n) is 5.79. The number of ether oxygens (including phenoxy) is 1. The van der Waals surface area contributed by atoms with Gasteiger partial charge in [-0.05, 0) is 26.0 Å². The molecule has 6 nitrogen and oxygen atoms in total. The number of fused-ring (bicyclic) bond motifs is 1. The van der Waals surface area contributed by atoms with Gasteiger partial charge in [-0.3, -0.25) is 9.36 Å². The van der Waals surface area contributed by atoms with Gasteiger partial charge in [0.05, 0.1) is 17.7 Å². The van der Waals surface area contributed by atoms with E-state index in [9.17, 15) is 9.59 Å². The maximum Gasteiger partial charge on any atom is 0.419 e. The Morgan fingerprint density at radius 3 is 2.64 bits per heavy atom. The number of aromatic nitrogens is 1. The summed E-state index contributed by atoms with van der Waals surface area (Å²) in [6.45, 7) is 5.46. The molecule has 2 aromatic rings. The smallest absolute Gasteiger partial charge is 0.408 e. The second kappa shape index (κ2) is 5.96. The van der Waals surface area contributed by atoms with E-state index in [1.807, 2.05) is 36.9 Å². The Morgan fingerprint density at radius 2 is 1.91 bits per heavy atom. The van der Waals surface area contributed by atoms with Gasteiger partial charge in [0.25, 0.3) is 0 Å². The number of hydrogen-bond donors (Lipinski definition) is 0. The lowest BCUT2D eigenvalue weighted by atomic mass is 10.2. The third-order valence-corrected chi connectivity index (χ3v) is 3.90. The Kier molecular flexibility index (Phi) is 4.02. The van der Waals surface area contributed by atoms with E-state index in [0.717, 1.165) is 5.52 Å². The summed E-state index contributed by atoms with van der Waals surface area (Å²) in [7, 11) is 0. The van der Waals surface area contributed by atoms with Crippen LogP contribution in [0.5, 0.6) is 0 Å². The SMILES string of the molecule is C[C@H]1CN(C(=O)CCn2c(=O)oc3ccccc32)C[C@H](C)O1. The van der Waals surface area contributed by atoms with Crippen LogP contribution in [0.15, 0.2) is 33.5 Å². The van der Waals surface area contributed by atoms with E-state index in [1.54, 1.807) is 6.07 Å². The molecule has 1 aliphatic heterocycles. The van der Waals surface area contributed by atoms with E-state index in [-0.39, 0.29) is 24.5 Å². The van der Waals surface area contributed by atoms with Crippen LogP contribution < -0.4 is 5.76 Å². The molecule has 0 N–H and O–H groups in total. The highest BCUT2D eigenvalue weighted by atomic mass is 16.5. The van der Waals surface area contributed by atoms with Crippen molar-refractivity contribution in [1.82, 2.24) is 9.47 Å². The lowest BCUT2D eigenvalue weighted by molar-refractivity contribution is -0.143. The Morgan fingerprint density at radius 1 is 1.23 bits per heavy atom.